The number of rotatable bonds is 6. The van der Waals surface area contributed by atoms with Gasteiger partial charge >= 0.3 is 12.1 Å². The number of carbonyl (C=O) groups is 2. The van der Waals surface area contributed by atoms with Gasteiger partial charge in [0.05, 0.1) is 0 Å². The Hall–Kier alpha value is -2.60. The molecule has 2 N–H and O–H groups in total. The second kappa shape index (κ2) is 8.31. The van der Waals surface area contributed by atoms with Crippen LogP contribution >= 0.6 is 11.6 Å². The second-order valence-corrected chi connectivity index (χ2v) is 5.51. The van der Waals surface area contributed by atoms with Crippen LogP contribution in [0.2, 0.25) is 5.02 Å². The molecule has 7 heteroatoms. The van der Waals surface area contributed by atoms with E-state index in [0.29, 0.717) is 16.1 Å². The van der Waals surface area contributed by atoms with Gasteiger partial charge < -0.3 is 15.2 Å². The molecule has 126 valence electrons. The van der Waals surface area contributed by atoms with Crippen molar-refractivity contribution < 1.29 is 23.8 Å². The van der Waals surface area contributed by atoms with Gasteiger partial charge in [-0.2, -0.15) is 0 Å². The van der Waals surface area contributed by atoms with Crippen LogP contribution in [0.25, 0.3) is 0 Å². The molecular formula is C17H15ClFNO4. The fourth-order valence-corrected chi connectivity index (χ4v) is 2.27. The van der Waals surface area contributed by atoms with Gasteiger partial charge in [-0.3, -0.25) is 0 Å². The summed E-state index contributed by atoms with van der Waals surface area (Å²) in [6.45, 7) is -0.0430. The molecule has 2 rings (SSSR count). The minimum atomic E-state index is -1.24. The number of ether oxygens (including phenoxy) is 1. The van der Waals surface area contributed by atoms with E-state index in [0.717, 1.165) is 0 Å². The van der Waals surface area contributed by atoms with Crippen LogP contribution in [-0.2, 0) is 22.6 Å². The zero-order chi connectivity index (χ0) is 17.5. The van der Waals surface area contributed by atoms with Gasteiger partial charge in [0.1, 0.15) is 18.5 Å². The Kier molecular flexibility index (Phi) is 6.14. The number of hydrogen-bond acceptors (Lipinski definition) is 3. The Morgan fingerprint density at radius 3 is 2.54 bits per heavy atom. The Balaban J connectivity index is 1.92. The van der Waals surface area contributed by atoms with E-state index in [9.17, 15) is 19.1 Å². The maximum Gasteiger partial charge on any atom is 0.408 e. The molecule has 0 saturated carbocycles. The third-order valence-electron chi connectivity index (χ3n) is 3.18. The lowest BCUT2D eigenvalue weighted by Crippen LogP contribution is -2.42. The minimum Gasteiger partial charge on any atom is -0.480 e. The summed E-state index contributed by atoms with van der Waals surface area (Å²) in [4.78, 5) is 23.0. The molecule has 1 unspecified atom stereocenters. The highest BCUT2D eigenvalue weighted by Gasteiger charge is 2.21. The Bertz CT molecular complexity index is 738. The van der Waals surface area contributed by atoms with Gasteiger partial charge in [-0.25, -0.2) is 14.0 Å². The summed E-state index contributed by atoms with van der Waals surface area (Å²) in [7, 11) is 0. The van der Waals surface area contributed by atoms with Crippen LogP contribution < -0.4 is 5.32 Å². The number of hydrogen-bond donors (Lipinski definition) is 2. The van der Waals surface area contributed by atoms with E-state index in [1.165, 1.54) is 18.2 Å². The van der Waals surface area contributed by atoms with Crippen molar-refractivity contribution in [3.8, 4) is 0 Å². The van der Waals surface area contributed by atoms with Crippen molar-refractivity contribution in [2.24, 2.45) is 0 Å². The minimum absolute atomic E-state index is 0.0430. The van der Waals surface area contributed by atoms with Gasteiger partial charge in [0, 0.05) is 11.4 Å². The predicted molar refractivity (Wildman–Crippen MR) is 86.3 cm³/mol. The zero-order valence-corrected chi connectivity index (χ0v) is 13.3. The lowest BCUT2D eigenvalue weighted by molar-refractivity contribution is -0.139. The summed E-state index contributed by atoms with van der Waals surface area (Å²) in [5.74, 6) is -1.71. The van der Waals surface area contributed by atoms with Crippen molar-refractivity contribution in [1.29, 1.82) is 0 Å². The molecule has 0 aliphatic carbocycles. The summed E-state index contributed by atoms with van der Waals surface area (Å²) in [6, 6.07) is 11.1. The van der Waals surface area contributed by atoms with E-state index in [-0.39, 0.29) is 13.0 Å². The van der Waals surface area contributed by atoms with E-state index in [2.05, 4.69) is 5.32 Å². The average Bonchev–Trinajstić information content (AvgIpc) is 2.52. The van der Waals surface area contributed by atoms with Crippen LogP contribution in [0.5, 0.6) is 0 Å². The molecule has 0 spiro atoms. The first kappa shape index (κ1) is 17.7. The van der Waals surface area contributed by atoms with E-state index in [1.54, 1.807) is 30.3 Å². The summed E-state index contributed by atoms with van der Waals surface area (Å²) < 4.78 is 18.1. The first-order valence-corrected chi connectivity index (χ1v) is 7.47. The highest BCUT2D eigenvalue weighted by atomic mass is 35.5. The molecule has 2 aromatic carbocycles. The SMILES string of the molecule is O=C(NC(Cc1cccc(F)c1)C(=O)O)OCc1cccc(Cl)c1. The molecule has 0 fully saturated rings. The molecule has 0 bridgehead atoms. The summed E-state index contributed by atoms with van der Waals surface area (Å²) in [6.07, 6.45) is -0.932. The summed E-state index contributed by atoms with van der Waals surface area (Å²) in [5.41, 5.74) is 1.13. The third-order valence-corrected chi connectivity index (χ3v) is 3.41. The molecule has 5 nitrogen and oxygen atoms in total. The van der Waals surface area contributed by atoms with Gasteiger partial charge in [0.25, 0.3) is 0 Å². The maximum atomic E-state index is 13.2. The van der Waals surface area contributed by atoms with Gasteiger partial charge in [-0.15, -0.1) is 0 Å². The average molecular weight is 352 g/mol. The van der Waals surface area contributed by atoms with E-state index in [1.807, 2.05) is 0 Å². The number of benzene rings is 2. The smallest absolute Gasteiger partial charge is 0.408 e. The Morgan fingerprint density at radius 1 is 1.17 bits per heavy atom. The lowest BCUT2D eigenvalue weighted by atomic mass is 10.1. The quantitative estimate of drug-likeness (QED) is 0.836. The fraction of sp³-hybridized carbons (Fsp3) is 0.176. The molecular weight excluding hydrogens is 337 g/mol. The number of amides is 1. The standard InChI is InChI=1S/C17H15ClFNO4/c18-13-5-1-4-12(7-13)10-24-17(23)20-15(16(21)22)9-11-3-2-6-14(19)8-11/h1-8,15H,9-10H2,(H,20,23)(H,21,22). The molecule has 0 aromatic heterocycles. The normalized spacial score (nSPS) is 11.6. The second-order valence-electron chi connectivity index (χ2n) is 5.08. The predicted octanol–water partition coefficient (Wildman–Crippen LogP) is 3.40. The Labute approximate surface area is 143 Å². The zero-order valence-electron chi connectivity index (χ0n) is 12.5. The van der Waals surface area contributed by atoms with Crippen LogP contribution in [0.15, 0.2) is 48.5 Å². The molecule has 2 aromatic rings. The topological polar surface area (TPSA) is 75.6 Å². The first-order valence-electron chi connectivity index (χ1n) is 7.09. The maximum absolute atomic E-state index is 13.2. The van der Waals surface area contributed by atoms with Crippen LogP contribution in [-0.4, -0.2) is 23.2 Å². The van der Waals surface area contributed by atoms with Crippen molar-refractivity contribution in [2.75, 3.05) is 0 Å². The number of alkyl carbamates (subject to hydrolysis) is 1. The lowest BCUT2D eigenvalue weighted by Gasteiger charge is -2.15. The van der Waals surface area contributed by atoms with Crippen molar-refractivity contribution in [3.05, 3.63) is 70.5 Å². The number of halogens is 2. The van der Waals surface area contributed by atoms with Crippen LogP contribution in [0.1, 0.15) is 11.1 Å². The van der Waals surface area contributed by atoms with E-state index < -0.39 is 23.9 Å². The summed E-state index contributed by atoms with van der Waals surface area (Å²) in [5, 5.41) is 12.0. The number of aliphatic carboxylic acids is 1. The first-order chi connectivity index (χ1) is 11.4. The number of nitrogens with one attached hydrogen (secondary N) is 1. The Morgan fingerprint density at radius 2 is 1.88 bits per heavy atom. The molecule has 0 radical (unpaired) electrons. The summed E-state index contributed by atoms with van der Waals surface area (Å²) >= 11 is 5.82. The fourth-order valence-electron chi connectivity index (χ4n) is 2.06. The number of carboxylic acids is 1. The molecule has 1 amide bonds. The van der Waals surface area contributed by atoms with E-state index in [4.69, 9.17) is 16.3 Å². The highest BCUT2D eigenvalue weighted by Crippen LogP contribution is 2.12. The molecule has 0 heterocycles. The van der Waals surface area contributed by atoms with Gasteiger partial charge in [0.15, 0.2) is 0 Å². The molecule has 0 aliphatic rings. The third kappa shape index (κ3) is 5.55. The number of carboxylic acid groups (broad SMARTS) is 1. The van der Waals surface area contributed by atoms with Crippen LogP contribution in [0, 0.1) is 5.82 Å². The van der Waals surface area contributed by atoms with Gasteiger partial charge in [-0.05, 0) is 35.4 Å². The highest BCUT2D eigenvalue weighted by molar-refractivity contribution is 6.30. The van der Waals surface area contributed by atoms with Gasteiger partial charge in [0.2, 0.25) is 0 Å². The molecule has 1 atom stereocenters. The monoisotopic (exact) mass is 351 g/mol. The van der Waals surface area contributed by atoms with Gasteiger partial charge in [-0.1, -0.05) is 35.9 Å². The molecule has 0 aliphatic heterocycles. The van der Waals surface area contributed by atoms with Crippen LogP contribution in [0.4, 0.5) is 9.18 Å². The van der Waals surface area contributed by atoms with Crippen molar-refractivity contribution >= 4 is 23.7 Å². The molecule has 0 saturated heterocycles. The largest absolute Gasteiger partial charge is 0.480 e. The van der Waals surface area contributed by atoms with Crippen molar-refractivity contribution in [2.45, 2.75) is 19.1 Å². The van der Waals surface area contributed by atoms with E-state index >= 15 is 0 Å². The van der Waals surface area contributed by atoms with Crippen molar-refractivity contribution in [1.82, 2.24) is 5.32 Å². The van der Waals surface area contributed by atoms with Crippen molar-refractivity contribution in [3.63, 3.8) is 0 Å². The number of carbonyl (C=O) groups excluding carboxylic acids is 1. The molecule has 24 heavy (non-hydrogen) atoms. The van der Waals surface area contributed by atoms with Crippen LogP contribution in [0.3, 0.4) is 0 Å².